The third kappa shape index (κ3) is 7.78. The highest BCUT2D eigenvalue weighted by molar-refractivity contribution is 7.91. The smallest absolute Gasteiger partial charge is 0.408 e. The van der Waals surface area contributed by atoms with Crippen molar-refractivity contribution < 1.29 is 46.2 Å². The van der Waals surface area contributed by atoms with Crippen molar-refractivity contribution in [1.82, 2.24) is 29.8 Å². The van der Waals surface area contributed by atoms with E-state index in [4.69, 9.17) is 21.1 Å². The largest absolute Gasteiger partial charge is 0.459 e. The summed E-state index contributed by atoms with van der Waals surface area (Å²) in [7, 11) is -4.24. The molecule has 4 aliphatic carbocycles. The fourth-order valence-corrected chi connectivity index (χ4v) is 11.1. The summed E-state index contributed by atoms with van der Waals surface area (Å²) < 4.78 is 69.6. The average molecular weight is 879 g/mol. The van der Waals surface area contributed by atoms with Crippen LogP contribution in [0.25, 0.3) is 10.9 Å². The number of carbonyl (C=O) groups is 3. The molecule has 4 N–H and O–H groups in total. The number of aliphatic hydroxyl groups excluding tert-OH is 1. The number of rotatable bonds is 7. The fourth-order valence-electron chi connectivity index (χ4n) is 9.64. The SMILES string of the molecule is C[C@H]1[C@@H]([C@H](O)N[C@]2(C(=O)NS(=O)(=O)C3(C)CC3)C[C@H]2C(F)F)N2C[C@@H]1Oc1nc3cc(Cl)ccc3c(=O)n1C/C=C/CC[C@@H]1[C@H]3C[C@H]3C[C@H]1OC(=O)N[C@@H](C(C)(C)C)C2=O. The maximum atomic E-state index is 14.9. The molecule has 60 heavy (non-hydrogen) atoms. The number of aromatic nitrogens is 2. The number of hydrogen-bond donors (Lipinski definition) is 4. The van der Waals surface area contributed by atoms with E-state index in [0.29, 0.717) is 35.1 Å². The number of alkyl halides is 2. The van der Waals surface area contributed by atoms with Gasteiger partial charge in [-0.15, -0.1) is 0 Å². The molecule has 0 spiro atoms. The number of sulfonamides is 1. The molecule has 4 saturated carbocycles. The molecular weight excluding hydrogens is 826 g/mol. The summed E-state index contributed by atoms with van der Waals surface area (Å²) in [5.41, 5.74) is -3.26. The van der Waals surface area contributed by atoms with Crippen molar-refractivity contribution in [2.75, 3.05) is 6.54 Å². The highest BCUT2D eigenvalue weighted by atomic mass is 35.5. The lowest BCUT2D eigenvalue weighted by atomic mass is 9.85. The summed E-state index contributed by atoms with van der Waals surface area (Å²) in [4.78, 5) is 62.3. The van der Waals surface area contributed by atoms with Gasteiger partial charge < -0.3 is 24.8 Å². The molecule has 1 saturated heterocycles. The molecule has 19 heteroatoms. The number of amides is 3. The second kappa shape index (κ2) is 15.2. The number of allylic oxidation sites excluding steroid dienone is 2. The van der Waals surface area contributed by atoms with Crippen molar-refractivity contribution in [2.45, 2.75) is 133 Å². The molecular formula is C41H53ClF2N6O9S. The molecule has 3 heterocycles. The third-order valence-electron chi connectivity index (χ3n) is 13.9. The highest BCUT2D eigenvalue weighted by Gasteiger charge is 2.67. The summed E-state index contributed by atoms with van der Waals surface area (Å²) in [6, 6.07) is 2.08. The number of fused-ring (bicyclic) bond motifs is 7. The van der Waals surface area contributed by atoms with Gasteiger partial charge in [0.2, 0.25) is 22.4 Å². The lowest BCUT2D eigenvalue weighted by Gasteiger charge is -2.38. The topological polar surface area (TPSA) is 198 Å². The van der Waals surface area contributed by atoms with E-state index in [9.17, 15) is 41.5 Å². The third-order valence-corrected chi connectivity index (χ3v) is 16.3. The van der Waals surface area contributed by atoms with Gasteiger partial charge in [-0.2, -0.15) is 4.98 Å². The van der Waals surface area contributed by atoms with Crippen molar-refractivity contribution in [3.8, 4) is 6.01 Å². The van der Waals surface area contributed by atoms with Gasteiger partial charge in [0.1, 0.15) is 30.0 Å². The maximum absolute atomic E-state index is 14.9. The average Bonchev–Trinajstić information content (AvgIpc) is 4.11. The van der Waals surface area contributed by atoms with Gasteiger partial charge in [0.25, 0.3) is 17.5 Å². The first-order chi connectivity index (χ1) is 28.1. The number of alkyl carbamates (subject to hydrolysis) is 1. The van der Waals surface area contributed by atoms with E-state index in [1.165, 1.54) is 22.5 Å². The zero-order valence-corrected chi connectivity index (χ0v) is 35.8. The van der Waals surface area contributed by atoms with Crippen molar-refractivity contribution in [3.63, 3.8) is 0 Å². The second-order valence-corrected chi connectivity index (χ2v) is 21.7. The molecule has 2 aromatic rings. The van der Waals surface area contributed by atoms with E-state index in [2.05, 4.69) is 15.6 Å². The number of carbonyl (C=O) groups excluding carboxylic acids is 3. The number of aliphatic hydroxyl groups is 1. The number of nitrogens with zero attached hydrogens (tertiary/aromatic N) is 3. The molecule has 1 aromatic carbocycles. The Balaban J connectivity index is 1.17. The van der Waals surface area contributed by atoms with Gasteiger partial charge in [0.05, 0.1) is 28.2 Å². The number of ether oxygens (including phenoxy) is 2. The van der Waals surface area contributed by atoms with Crippen LogP contribution < -0.4 is 25.7 Å². The Labute approximate surface area is 352 Å². The molecule has 1 aromatic heterocycles. The zero-order valence-electron chi connectivity index (χ0n) is 34.2. The monoisotopic (exact) mass is 878 g/mol. The fraction of sp³-hybridized carbons (Fsp3) is 0.683. The van der Waals surface area contributed by atoms with Crippen LogP contribution >= 0.6 is 11.6 Å². The van der Waals surface area contributed by atoms with Crippen molar-refractivity contribution in [1.29, 1.82) is 0 Å². The van der Waals surface area contributed by atoms with Crippen LogP contribution in [0.4, 0.5) is 13.6 Å². The van der Waals surface area contributed by atoms with E-state index >= 15 is 0 Å². The van der Waals surface area contributed by atoms with E-state index in [-0.39, 0.29) is 49.5 Å². The van der Waals surface area contributed by atoms with Crippen LogP contribution in [0.1, 0.15) is 79.6 Å². The Bertz CT molecular complexity index is 2280. The summed E-state index contributed by atoms with van der Waals surface area (Å²) in [5.74, 6) is -3.38. The van der Waals surface area contributed by atoms with Gasteiger partial charge in [-0.25, -0.2) is 22.0 Å². The van der Waals surface area contributed by atoms with Crippen LogP contribution in [0.5, 0.6) is 6.01 Å². The Morgan fingerprint density at radius 1 is 1.10 bits per heavy atom. The van der Waals surface area contributed by atoms with E-state index in [0.717, 1.165) is 12.8 Å². The minimum Gasteiger partial charge on any atom is -0.459 e. The van der Waals surface area contributed by atoms with Gasteiger partial charge >= 0.3 is 6.09 Å². The highest BCUT2D eigenvalue weighted by Crippen LogP contribution is 2.58. The molecule has 8 rings (SSSR count). The first-order valence-corrected chi connectivity index (χ1v) is 22.6. The number of nitrogens with one attached hydrogen (secondary N) is 3. The minimum atomic E-state index is -4.24. The van der Waals surface area contributed by atoms with Crippen LogP contribution in [0.3, 0.4) is 0 Å². The number of benzene rings is 1. The summed E-state index contributed by atoms with van der Waals surface area (Å²) in [6.45, 7) is 8.20. The standard InChI is InChI=1S/C41H53ClF2N6O9S/c1-20-29-19-50(30(20)33(51)47-41(18-26(41)32(43)44)36(54)48-60(56,57)40(5)12-13-40)35(53)31(39(2,3)4)46-38(55)59-28-16-21-15-25(21)23(28)9-7-6-8-14-49-34(52)24-11-10-22(42)17-27(24)45-37(49)58-29/h6,8,10-11,17,20-21,23,25-26,28-33,47,51H,7,9,12-16,18-19H2,1-5H3,(H,46,55)(H,48,54)/b8-6+/t20-,21+,23-,25+,26+,28-,29+,30+,31-,33+,41-/m1/s1. The molecule has 0 radical (unpaired) electrons. The summed E-state index contributed by atoms with van der Waals surface area (Å²) in [5, 5.41) is 18.2. The van der Waals surface area contributed by atoms with Crippen molar-refractivity contribution >= 4 is 50.4 Å². The van der Waals surface area contributed by atoms with E-state index < -0.39 is 98.3 Å². The van der Waals surface area contributed by atoms with Crippen LogP contribution in [0, 0.1) is 35.0 Å². The van der Waals surface area contributed by atoms with Gasteiger partial charge in [-0.3, -0.25) is 29.0 Å². The van der Waals surface area contributed by atoms with Crippen LogP contribution in [0.2, 0.25) is 5.02 Å². The lowest BCUT2D eigenvalue weighted by molar-refractivity contribution is -0.141. The van der Waals surface area contributed by atoms with Gasteiger partial charge in [-0.1, -0.05) is 51.4 Å². The molecule has 2 aliphatic heterocycles. The van der Waals surface area contributed by atoms with Crippen molar-refractivity contribution in [2.24, 2.45) is 35.0 Å². The molecule has 11 atom stereocenters. The quantitative estimate of drug-likeness (QED) is 0.231. The first-order valence-electron chi connectivity index (χ1n) is 20.7. The van der Waals surface area contributed by atoms with Gasteiger partial charge in [-0.05, 0) is 93.2 Å². The zero-order chi connectivity index (χ0) is 43.3. The summed E-state index contributed by atoms with van der Waals surface area (Å²) in [6.07, 6.45) is 0.0201. The molecule has 0 unspecified atom stereocenters. The van der Waals surface area contributed by atoms with Gasteiger partial charge in [0, 0.05) is 23.4 Å². The molecule has 6 aliphatic rings. The molecule has 328 valence electrons. The molecule has 2 bridgehead atoms. The second-order valence-electron chi connectivity index (χ2n) is 19.1. The Morgan fingerprint density at radius 3 is 2.50 bits per heavy atom. The lowest BCUT2D eigenvalue weighted by Crippen LogP contribution is -2.63. The Morgan fingerprint density at radius 2 is 1.83 bits per heavy atom. The summed E-state index contributed by atoms with van der Waals surface area (Å²) >= 11 is 6.30. The normalized spacial score (nSPS) is 34.8. The number of halogens is 3. The predicted octanol–water partition coefficient (Wildman–Crippen LogP) is 4.09. The van der Waals surface area contributed by atoms with Gasteiger partial charge in [0.15, 0.2) is 0 Å². The van der Waals surface area contributed by atoms with E-state index in [1.54, 1.807) is 39.8 Å². The Hall–Kier alpha value is -3.87. The molecule has 5 fully saturated rings. The van der Waals surface area contributed by atoms with Crippen LogP contribution in [-0.2, 0) is 30.9 Å². The van der Waals surface area contributed by atoms with Crippen molar-refractivity contribution in [3.05, 3.63) is 45.7 Å². The van der Waals surface area contributed by atoms with Crippen LogP contribution in [0.15, 0.2) is 35.1 Å². The van der Waals surface area contributed by atoms with E-state index in [1.807, 2.05) is 16.9 Å². The Kier molecular flexibility index (Phi) is 10.8. The molecule has 3 amide bonds. The molecule has 15 nitrogen and oxygen atoms in total. The minimum absolute atomic E-state index is 0.0802. The maximum Gasteiger partial charge on any atom is 0.408 e. The van der Waals surface area contributed by atoms with Crippen LogP contribution in [-0.4, -0.2) is 99.7 Å². The first kappa shape index (κ1) is 42.8. The number of hydrogen-bond acceptors (Lipinski definition) is 11. The predicted molar refractivity (Wildman–Crippen MR) is 216 cm³/mol.